The Balaban J connectivity index is 1.58. The number of fused-ring (bicyclic) bond motifs is 1. The highest BCUT2D eigenvalue weighted by Gasteiger charge is 2.09. The molecule has 4 nitrogen and oxygen atoms in total. The van der Waals surface area contributed by atoms with Crippen LogP contribution in [0.1, 0.15) is 22.6 Å². The van der Waals surface area contributed by atoms with Gasteiger partial charge in [-0.25, -0.2) is 4.98 Å². The standard InChI is InChI=1S/C18H18ClN3O/c1-13-21-16-9-4-5-10-17(16)22(13)12-6-11-20-18(23)14-7-2-3-8-15(14)19/h2-5,7-10H,6,11-12H2,1H3,(H,20,23). The lowest BCUT2D eigenvalue weighted by Crippen LogP contribution is -2.25. The van der Waals surface area contributed by atoms with E-state index in [4.69, 9.17) is 11.6 Å². The lowest BCUT2D eigenvalue weighted by atomic mass is 10.2. The van der Waals surface area contributed by atoms with Crippen LogP contribution in [0.25, 0.3) is 11.0 Å². The summed E-state index contributed by atoms with van der Waals surface area (Å²) in [6, 6.07) is 15.1. The van der Waals surface area contributed by atoms with Gasteiger partial charge in [-0.1, -0.05) is 35.9 Å². The normalized spacial score (nSPS) is 10.9. The topological polar surface area (TPSA) is 46.9 Å². The van der Waals surface area contributed by atoms with E-state index in [0.717, 1.165) is 29.8 Å². The molecular formula is C18H18ClN3O. The van der Waals surface area contributed by atoms with Crippen molar-refractivity contribution in [3.8, 4) is 0 Å². The number of nitrogens with zero attached hydrogens (tertiary/aromatic N) is 2. The molecule has 23 heavy (non-hydrogen) atoms. The second-order valence-corrected chi connectivity index (χ2v) is 5.80. The van der Waals surface area contributed by atoms with Gasteiger partial charge in [-0.2, -0.15) is 0 Å². The monoisotopic (exact) mass is 327 g/mol. The lowest BCUT2D eigenvalue weighted by molar-refractivity contribution is 0.0953. The Morgan fingerprint density at radius 3 is 2.74 bits per heavy atom. The molecule has 3 aromatic rings. The minimum atomic E-state index is -0.136. The smallest absolute Gasteiger partial charge is 0.252 e. The van der Waals surface area contributed by atoms with Crippen LogP contribution in [0.15, 0.2) is 48.5 Å². The van der Waals surface area contributed by atoms with E-state index < -0.39 is 0 Å². The summed E-state index contributed by atoms with van der Waals surface area (Å²) < 4.78 is 2.18. The van der Waals surface area contributed by atoms with Gasteiger partial charge in [0.05, 0.1) is 21.6 Å². The number of hydrogen-bond donors (Lipinski definition) is 1. The summed E-state index contributed by atoms with van der Waals surface area (Å²) in [4.78, 5) is 16.6. The molecule has 0 bridgehead atoms. The molecule has 0 radical (unpaired) electrons. The van der Waals surface area contributed by atoms with Gasteiger partial charge in [0.2, 0.25) is 0 Å². The number of nitrogens with one attached hydrogen (secondary N) is 1. The van der Waals surface area contributed by atoms with Crippen LogP contribution in [0.5, 0.6) is 0 Å². The fraction of sp³-hybridized carbons (Fsp3) is 0.222. The molecule has 0 unspecified atom stereocenters. The van der Waals surface area contributed by atoms with E-state index in [0.29, 0.717) is 17.1 Å². The van der Waals surface area contributed by atoms with Crippen molar-refractivity contribution >= 4 is 28.5 Å². The van der Waals surface area contributed by atoms with Crippen LogP contribution < -0.4 is 5.32 Å². The van der Waals surface area contributed by atoms with Crippen LogP contribution in [0, 0.1) is 6.92 Å². The second kappa shape index (κ2) is 6.84. The Hall–Kier alpha value is -2.33. The van der Waals surface area contributed by atoms with Gasteiger partial charge >= 0.3 is 0 Å². The van der Waals surface area contributed by atoms with E-state index in [1.807, 2.05) is 37.3 Å². The van der Waals surface area contributed by atoms with Crippen LogP contribution in [-0.4, -0.2) is 22.0 Å². The average Bonchev–Trinajstić information content (AvgIpc) is 2.87. The first-order valence-corrected chi connectivity index (χ1v) is 7.99. The third-order valence-corrected chi connectivity index (χ3v) is 4.14. The van der Waals surface area contributed by atoms with Gasteiger partial charge in [-0.05, 0) is 37.6 Å². The molecule has 0 aliphatic rings. The second-order valence-electron chi connectivity index (χ2n) is 5.39. The van der Waals surface area contributed by atoms with Crippen molar-refractivity contribution in [3.05, 3.63) is 64.9 Å². The number of para-hydroxylation sites is 2. The zero-order valence-electron chi connectivity index (χ0n) is 12.9. The molecule has 0 spiro atoms. The zero-order valence-corrected chi connectivity index (χ0v) is 13.7. The van der Waals surface area contributed by atoms with Crippen molar-refractivity contribution < 1.29 is 4.79 Å². The molecule has 0 saturated heterocycles. The van der Waals surface area contributed by atoms with Crippen molar-refractivity contribution in [2.24, 2.45) is 0 Å². The van der Waals surface area contributed by atoms with E-state index in [1.54, 1.807) is 12.1 Å². The molecule has 0 aliphatic heterocycles. The molecule has 5 heteroatoms. The maximum absolute atomic E-state index is 12.1. The summed E-state index contributed by atoms with van der Waals surface area (Å²) in [6.07, 6.45) is 0.831. The summed E-state index contributed by atoms with van der Waals surface area (Å²) in [5.41, 5.74) is 2.64. The number of halogens is 1. The Morgan fingerprint density at radius 1 is 1.17 bits per heavy atom. The third-order valence-electron chi connectivity index (χ3n) is 3.81. The first-order valence-electron chi connectivity index (χ1n) is 7.61. The van der Waals surface area contributed by atoms with Gasteiger partial charge in [-0.15, -0.1) is 0 Å². The molecule has 0 fully saturated rings. The predicted octanol–water partition coefficient (Wildman–Crippen LogP) is 3.82. The summed E-state index contributed by atoms with van der Waals surface area (Å²) in [7, 11) is 0. The largest absolute Gasteiger partial charge is 0.352 e. The fourth-order valence-electron chi connectivity index (χ4n) is 2.66. The number of amides is 1. The SMILES string of the molecule is Cc1nc2ccccc2n1CCCNC(=O)c1ccccc1Cl. The van der Waals surface area contributed by atoms with E-state index in [2.05, 4.69) is 20.9 Å². The van der Waals surface area contributed by atoms with Crippen molar-refractivity contribution in [1.82, 2.24) is 14.9 Å². The molecule has 0 aliphatic carbocycles. The molecule has 1 N–H and O–H groups in total. The average molecular weight is 328 g/mol. The lowest BCUT2D eigenvalue weighted by Gasteiger charge is -2.09. The van der Waals surface area contributed by atoms with Gasteiger partial charge in [0.1, 0.15) is 5.82 Å². The van der Waals surface area contributed by atoms with Crippen LogP contribution in [0.2, 0.25) is 5.02 Å². The van der Waals surface area contributed by atoms with Gasteiger partial charge in [0.25, 0.3) is 5.91 Å². The number of carbonyl (C=O) groups is 1. The maximum atomic E-state index is 12.1. The van der Waals surface area contributed by atoms with Crippen LogP contribution in [-0.2, 0) is 6.54 Å². The number of hydrogen-bond acceptors (Lipinski definition) is 2. The van der Waals surface area contributed by atoms with Gasteiger partial charge in [0, 0.05) is 13.1 Å². The number of aryl methyl sites for hydroxylation is 2. The molecule has 1 amide bonds. The number of imidazole rings is 1. The minimum absolute atomic E-state index is 0.136. The fourth-order valence-corrected chi connectivity index (χ4v) is 2.88. The van der Waals surface area contributed by atoms with Crippen molar-refractivity contribution in [2.45, 2.75) is 19.9 Å². The Morgan fingerprint density at radius 2 is 1.91 bits per heavy atom. The van der Waals surface area contributed by atoms with E-state index in [1.165, 1.54) is 0 Å². The maximum Gasteiger partial charge on any atom is 0.252 e. The number of aromatic nitrogens is 2. The molecule has 1 heterocycles. The van der Waals surface area contributed by atoms with Crippen LogP contribution in [0.3, 0.4) is 0 Å². The molecule has 1 aromatic heterocycles. The van der Waals surface area contributed by atoms with Gasteiger partial charge in [0.15, 0.2) is 0 Å². The quantitative estimate of drug-likeness (QED) is 0.724. The first-order chi connectivity index (χ1) is 11.2. The van der Waals surface area contributed by atoms with E-state index in [9.17, 15) is 4.79 Å². The number of carbonyl (C=O) groups excluding carboxylic acids is 1. The molecule has 118 valence electrons. The predicted molar refractivity (Wildman–Crippen MR) is 92.9 cm³/mol. The zero-order chi connectivity index (χ0) is 16.2. The van der Waals surface area contributed by atoms with Crippen LogP contribution in [0.4, 0.5) is 0 Å². The highest BCUT2D eigenvalue weighted by Crippen LogP contribution is 2.16. The van der Waals surface area contributed by atoms with Gasteiger partial charge in [-0.3, -0.25) is 4.79 Å². The van der Waals surface area contributed by atoms with E-state index >= 15 is 0 Å². The molecule has 3 rings (SSSR count). The molecule has 2 aromatic carbocycles. The Labute approximate surface area is 140 Å². The Bertz CT molecular complexity index is 841. The summed E-state index contributed by atoms with van der Waals surface area (Å²) in [5.74, 6) is 0.853. The minimum Gasteiger partial charge on any atom is -0.352 e. The third kappa shape index (κ3) is 3.37. The van der Waals surface area contributed by atoms with Crippen molar-refractivity contribution in [2.75, 3.05) is 6.54 Å². The molecule has 0 saturated carbocycles. The van der Waals surface area contributed by atoms with Crippen molar-refractivity contribution in [3.63, 3.8) is 0 Å². The Kier molecular flexibility index (Phi) is 4.63. The van der Waals surface area contributed by atoms with E-state index in [-0.39, 0.29) is 5.91 Å². The summed E-state index contributed by atoms with van der Waals surface area (Å²) >= 11 is 6.03. The summed E-state index contributed by atoms with van der Waals surface area (Å²) in [5, 5.41) is 3.39. The first kappa shape index (κ1) is 15.6. The van der Waals surface area contributed by atoms with Gasteiger partial charge < -0.3 is 9.88 Å². The number of rotatable bonds is 5. The summed E-state index contributed by atoms with van der Waals surface area (Å²) in [6.45, 7) is 3.41. The van der Waals surface area contributed by atoms with Crippen molar-refractivity contribution in [1.29, 1.82) is 0 Å². The molecule has 0 atom stereocenters. The highest BCUT2D eigenvalue weighted by molar-refractivity contribution is 6.33. The molecular weight excluding hydrogens is 310 g/mol. The van der Waals surface area contributed by atoms with Crippen LogP contribution >= 0.6 is 11.6 Å². The number of benzene rings is 2. The highest BCUT2D eigenvalue weighted by atomic mass is 35.5.